The van der Waals surface area contributed by atoms with Crippen molar-refractivity contribution in [3.63, 3.8) is 0 Å². The standard InChI is InChI=1S/C24H23N3O2/c1-3-17-13-14-25-23-22(17)26-21(4-2)27(23)15-16-9-11-18(12-10-16)19-7-5-6-8-20(19)24(28)29/h5-14H,3-4,15H2,1-2H3,(H,28,29). The van der Waals surface area contributed by atoms with Gasteiger partial charge in [-0.15, -0.1) is 0 Å². The van der Waals surface area contributed by atoms with Crippen molar-refractivity contribution in [2.24, 2.45) is 0 Å². The Kier molecular flexibility index (Phi) is 5.12. The molecule has 0 aliphatic rings. The smallest absolute Gasteiger partial charge is 0.336 e. The van der Waals surface area contributed by atoms with Crippen molar-refractivity contribution in [1.82, 2.24) is 14.5 Å². The third-order valence-corrected chi connectivity index (χ3v) is 5.26. The van der Waals surface area contributed by atoms with E-state index in [9.17, 15) is 9.90 Å². The Morgan fingerprint density at radius 1 is 1.00 bits per heavy atom. The van der Waals surface area contributed by atoms with Gasteiger partial charge in [0, 0.05) is 12.6 Å². The van der Waals surface area contributed by atoms with Gasteiger partial charge in [0.05, 0.1) is 12.1 Å². The van der Waals surface area contributed by atoms with Crippen LogP contribution in [0.2, 0.25) is 0 Å². The Balaban J connectivity index is 1.69. The maximum Gasteiger partial charge on any atom is 0.336 e. The zero-order valence-electron chi connectivity index (χ0n) is 16.6. The Bertz CT molecular complexity index is 1180. The summed E-state index contributed by atoms with van der Waals surface area (Å²) in [5, 5.41) is 9.44. The molecule has 0 aliphatic carbocycles. The fourth-order valence-corrected chi connectivity index (χ4v) is 3.73. The fraction of sp³-hybridized carbons (Fsp3) is 0.208. The van der Waals surface area contributed by atoms with Crippen molar-refractivity contribution in [3.05, 3.63) is 83.3 Å². The molecule has 2 aromatic heterocycles. The van der Waals surface area contributed by atoms with Crippen LogP contribution in [0.5, 0.6) is 0 Å². The fourth-order valence-electron chi connectivity index (χ4n) is 3.73. The van der Waals surface area contributed by atoms with Crippen LogP contribution in [0.15, 0.2) is 60.8 Å². The van der Waals surface area contributed by atoms with Gasteiger partial charge in [-0.05, 0) is 40.8 Å². The number of fused-ring (bicyclic) bond motifs is 1. The van der Waals surface area contributed by atoms with E-state index in [1.165, 1.54) is 5.56 Å². The molecule has 0 saturated carbocycles. The van der Waals surface area contributed by atoms with Crippen molar-refractivity contribution in [1.29, 1.82) is 0 Å². The van der Waals surface area contributed by atoms with E-state index in [1.807, 2.05) is 48.7 Å². The SMILES string of the molecule is CCc1ccnc2c1nc(CC)n2Cc1ccc(-c2ccccc2C(=O)O)cc1. The second-order valence-electron chi connectivity index (χ2n) is 7.01. The number of benzene rings is 2. The van der Waals surface area contributed by atoms with Crippen LogP contribution in [-0.2, 0) is 19.4 Å². The van der Waals surface area contributed by atoms with Crippen LogP contribution in [0.4, 0.5) is 0 Å². The van der Waals surface area contributed by atoms with E-state index in [0.29, 0.717) is 12.1 Å². The average Bonchev–Trinajstić information content (AvgIpc) is 3.12. The van der Waals surface area contributed by atoms with E-state index >= 15 is 0 Å². The van der Waals surface area contributed by atoms with E-state index in [-0.39, 0.29) is 0 Å². The van der Waals surface area contributed by atoms with Gasteiger partial charge in [-0.1, -0.05) is 56.3 Å². The molecule has 0 bridgehead atoms. The number of pyridine rings is 1. The predicted octanol–water partition coefficient (Wildman–Crippen LogP) is 4.97. The van der Waals surface area contributed by atoms with Crippen molar-refractivity contribution < 1.29 is 9.90 Å². The van der Waals surface area contributed by atoms with Crippen molar-refractivity contribution >= 4 is 17.1 Å². The monoisotopic (exact) mass is 385 g/mol. The second kappa shape index (κ2) is 7.87. The number of rotatable bonds is 6. The van der Waals surface area contributed by atoms with Gasteiger partial charge >= 0.3 is 5.97 Å². The van der Waals surface area contributed by atoms with Gasteiger partial charge in [0.1, 0.15) is 11.3 Å². The topological polar surface area (TPSA) is 68.0 Å². The molecule has 4 rings (SSSR count). The summed E-state index contributed by atoms with van der Waals surface area (Å²) in [5.41, 5.74) is 6.17. The summed E-state index contributed by atoms with van der Waals surface area (Å²) in [6.45, 7) is 4.92. The minimum atomic E-state index is -0.917. The molecule has 0 saturated heterocycles. The molecule has 0 spiro atoms. The van der Waals surface area contributed by atoms with Crippen molar-refractivity contribution in [2.45, 2.75) is 33.2 Å². The van der Waals surface area contributed by atoms with Crippen LogP contribution in [-0.4, -0.2) is 25.6 Å². The third kappa shape index (κ3) is 3.51. The highest BCUT2D eigenvalue weighted by Gasteiger charge is 2.14. The summed E-state index contributed by atoms with van der Waals surface area (Å²) in [5.74, 6) is 0.105. The number of imidazole rings is 1. The van der Waals surface area contributed by atoms with Gasteiger partial charge in [0.25, 0.3) is 0 Å². The molecule has 4 aromatic rings. The number of hydrogen-bond donors (Lipinski definition) is 1. The molecule has 2 heterocycles. The van der Waals surface area contributed by atoms with Gasteiger partial charge < -0.3 is 9.67 Å². The van der Waals surface area contributed by atoms with Gasteiger partial charge in [-0.2, -0.15) is 0 Å². The Morgan fingerprint density at radius 2 is 1.76 bits per heavy atom. The Morgan fingerprint density at radius 3 is 2.45 bits per heavy atom. The lowest BCUT2D eigenvalue weighted by Crippen LogP contribution is -2.05. The van der Waals surface area contributed by atoms with Crippen LogP contribution in [0, 0.1) is 0 Å². The summed E-state index contributed by atoms with van der Waals surface area (Å²) in [4.78, 5) is 20.9. The molecule has 0 amide bonds. The van der Waals surface area contributed by atoms with Crippen LogP contribution in [0.1, 0.15) is 41.2 Å². The molecule has 2 aromatic carbocycles. The number of aromatic carboxylic acids is 1. The Hall–Kier alpha value is -3.47. The molecule has 29 heavy (non-hydrogen) atoms. The van der Waals surface area contributed by atoms with E-state index in [0.717, 1.165) is 46.5 Å². The van der Waals surface area contributed by atoms with Gasteiger partial charge in [-0.3, -0.25) is 0 Å². The van der Waals surface area contributed by atoms with Gasteiger partial charge in [-0.25, -0.2) is 14.8 Å². The molecule has 1 N–H and O–H groups in total. The van der Waals surface area contributed by atoms with E-state index in [2.05, 4.69) is 23.4 Å². The average molecular weight is 385 g/mol. The predicted molar refractivity (Wildman–Crippen MR) is 114 cm³/mol. The molecule has 0 fully saturated rings. The maximum absolute atomic E-state index is 11.5. The lowest BCUT2D eigenvalue weighted by molar-refractivity contribution is 0.0697. The Labute approximate surface area is 169 Å². The summed E-state index contributed by atoms with van der Waals surface area (Å²) >= 11 is 0. The molecule has 0 atom stereocenters. The molecular weight excluding hydrogens is 362 g/mol. The van der Waals surface area contributed by atoms with E-state index in [1.54, 1.807) is 12.1 Å². The molecule has 0 radical (unpaired) electrons. The first-order valence-electron chi connectivity index (χ1n) is 9.87. The zero-order valence-corrected chi connectivity index (χ0v) is 16.6. The number of nitrogens with zero attached hydrogens (tertiary/aromatic N) is 3. The first kappa shape index (κ1) is 18.9. The molecule has 0 aliphatic heterocycles. The lowest BCUT2D eigenvalue weighted by atomic mass is 9.99. The molecule has 5 heteroatoms. The van der Waals surface area contributed by atoms with E-state index < -0.39 is 5.97 Å². The van der Waals surface area contributed by atoms with Crippen molar-refractivity contribution in [3.8, 4) is 11.1 Å². The van der Waals surface area contributed by atoms with Crippen LogP contribution in [0.3, 0.4) is 0 Å². The summed E-state index contributed by atoms with van der Waals surface area (Å²) < 4.78 is 2.18. The number of carboxylic acid groups (broad SMARTS) is 1. The summed E-state index contributed by atoms with van der Waals surface area (Å²) in [6.07, 6.45) is 3.62. The highest BCUT2D eigenvalue weighted by atomic mass is 16.4. The molecule has 0 unspecified atom stereocenters. The van der Waals surface area contributed by atoms with Crippen LogP contribution in [0.25, 0.3) is 22.3 Å². The normalized spacial score (nSPS) is 11.1. The number of carbonyl (C=O) groups is 1. The van der Waals surface area contributed by atoms with Crippen LogP contribution < -0.4 is 0 Å². The molecular formula is C24H23N3O2. The first-order chi connectivity index (χ1) is 14.1. The number of hydrogen-bond acceptors (Lipinski definition) is 3. The quantitative estimate of drug-likeness (QED) is 0.509. The third-order valence-electron chi connectivity index (χ3n) is 5.26. The van der Waals surface area contributed by atoms with Gasteiger partial charge in [0.15, 0.2) is 5.65 Å². The van der Waals surface area contributed by atoms with Crippen LogP contribution >= 0.6 is 0 Å². The lowest BCUT2D eigenvalue weighted by Gasteiger charge is -2.10. The molecule has 146 valence electrons. The largest absolute Gasteiger partial charge is 0.478 e. The highest BCUT2D eigenvalue weighted by Crippen LogP contribution is 2.25. The summed E-state index contributed by atoms with van der Waals surface area (Å²) in [7, 11) is 0. The number of carboxylic acids is 1. The van der Waals surface area contributed by atoms with E-state index in [4.69, 9.17) is 4.98 Å². The second-order valence-corrected chi connectivity index (χ2v) is 7.01. The minimum absolute atomic E-state index is 0.311. The highest BCUT2D eigenvalue weighted by molar-refractivity contribution is 5.96. The first-order valence-corrected chi connectivity index (χ1v) is 9.87. The number of aromatic nitrogens is 3. The molecule has 5 nitrogen and oxygen atoms in total. The zero-order chi connectivity index (χ0) is 20.4. The summed E-state index contributed by atoms with van der Waals surface area (Å²) in [6, 6.07) is 17.2. The van der Waals surface area contributed by atoms with Gasteiger partial charge in [0.2, 0.25) is 0 Å². The maximum atomic E-state index is 11.5. The van der Waals surface area contributed by atoms with Crippen molar-refractivity contribution in [2.75, 3.05) is 0 Å². The number of aryl methyl sites for hydroxylation is 2. The minimum Gasteiger partial charge on any atom is -0.478 e.